The molecule has 0 aromatic carbocycles. The molecular formula is C7H8F2N2O. The molecule has 1 rings (SSSR count). The van der Waals surface area contributed by atoms with Crippen molar-refractivity contribution in [3.05, 3.63) is 18.1 Å². The number of rotatable bonds is 3. The maximum atomic E-state index is 12.2. The molecule has 1 aromatic rings. The van der Waals surface area contributed by atoms with E-state index in [1.165, 1.54) is 12.4 Å². The van der Waals surface area contributed by atoms with E-state index in [-0.39, 0.29) is 5.88 Å². The molecule has 0 saturated carbocycles. The van der Waals surface area contributed by atoms with Gasteiger partial charge in [0.1, 0.15) is 0 Å². The molecule has 0 spiro atoms. The Morgan fingerprint density at radius 3 is 2.67 bits per heavy atom. The van der Waals surface area contributed by atoms with Crippen molar-refractivity contribution in [2.24, 2.45) is 0 Å². The Hall–Kier alpha value is -1.26. The molecule has 5 heteroatoms. The molecule has 0 atom stereocenters. The Morgan fingerprint density at radius 1 is 1.42 bits per heavy atom. The summed E-state index contributed by atoms with van der Waals surface area (Å²) in [6.45, 7) is 2.00. The number of alkyl halides is 2. The zero-order valence-electron chi connectivity index (χ0n) is 6.50. The van der Waals surface area contributed by atoms with E-state index < -0.39 is 12.1 Å². The number of hydrogen-bond acceptors (Lipinski definition) is 3. The molecule has 3 nitrogen and oxygen atoms in total. The first-order valence-electron chi connectivity index (χ1n) is 3.47. The summed E-state index contributed by atoms with van der Waals surface area (Å²) in [4.78, 5) is 7.08. The topological polar surface area (TPSA) is 35.0 Å². The Balaban J connectivity index is 2.92. The van der Waals surface area contributed by atoms with Gasteiger partial charge in [-0.1, -0.05) is 0 Å². The van der Waals surface area contributed by atoms with Crippen molar-refractivity contribution >= 4 is 0 Å². The zero-order chi connectivity index (χ0) is 8.97. The molecule has 0 unspecified atom stereocenters. The van der Waals surface area contributed by atoms with E-state index in [1.54, 1.807) is 6.92 Å². The van der Waals surface area contributed by atoms with Crippen LogP contribution in [-0.2, 0) is 0 Å². The Kier molecular flexibility index (Phi) is 2.90. The van der Waals surface area contributed by atoms with Crippen LogP contribution in [0.3, 0.4) is 0 Å². The molecule has 0 aliphatic heterocycles. The van der Waals surface area contributed by atoms with Crippen LogP contribution in [-0.4, -0.2) is 16.6 Å². The summed E-state index contributed by atoms with van der Waals surface area (Å²) in [5.74, 6) is -0.0880. The van der Waals surface area contributed by atoms with Crippen LogP contribution in [0.25, 0.3) is 0 Å². The average molecular weight is 174 g/mol. The Bertz CT molecular complexity index is 255. The fraction of sp³-hybridized carbons (Fsp3) is 0.429. The van der Waals surface area contributed by atoms with Crippen LogP contribution < -0.4 is 4.74 Å². The predicted molar refractivity (Wildman–Crippen MR) is 38.2 cm³/mol. The van der Waals surface area contributed by atoms with E-state index in [1.807, 2.05) is 0 Å². The third-order valence-corrected chi connectivity index (χ3v) is 1.18. The zero-order valence-corrected chi connectivity index (χ0v) is 6.50. The van der Waals surface area contributed by atoms with Gasteiger partial charge >= 0.3 is 0 Å². The van der Waals surface area contributed by atoms with Crippen LogP contribution in [0.1, 0.15) is 19.0 Å². The van der Waals surface area contributed by atoms with Gasteiger partial charge in [0.25, 0.3) is 6.43 Å². The normalized spacial score (nSPS) is 10.3. The molecule has 66 valence electrons. The van der Waals surface area contributed by atoms with Crippen molar-refractivity contribution in [3.63, 3.8) is 0 Å². The average Bonchev–Trinajstić information content (AvgIpc) is 2.05. The van der Waals surface area contributed by atoms with Gasteiger partial charge in [-0.05, 0) is 6.92 Å². The lowest BCUT2D eigenvalue weighted by Gasteiger charge is -2.05. The van der Waals surface area contributed by atoms with Crippen molar-refractivity contribution in [1.82, 2.24) is 9.97 Å². The Morgan fingerprint density at radius 2 is 2.08 bits per heavy atom. The van der Waals surface area contributed by atoms with Crippen molar-refractivity contribution in [1.29, 1.82) is 0 Å². The van der Waals surface area contributed by atoms with Crippen molar-refractivity contribution in [2.45, 2.75) is 13.3 Å². The van der Waals surface area contributed by atoms with Gasteiger partial charge < -0.3 is 4.74 Å². The molecule has 0 bridgehead atoms. The molecule has 12 heavy (non-hydrogen) atoms. The molecule has 0 N–H and O–H groups in total. The quantitative estimate of drug-likeness (QED) is 0.700. The van der Waals surface area contributed by atoms with Gasteiger partial charge in [0, 0.05) is 12.4 Å². The highest BCUT2D eigenvalue weighted by atomic mass is 19.3. The van der Waals surface area contributed by atoms with Gasteiger partial charge in [-0.15, -0.1) is 0 Å². The molecular weight excluding hydrogens is 166 g/mol. The second-order valence-electron chi connectivity index (χ2n) is 1.98. The minimum absolute atomic E-state index is 0.0880. The van der Waals surface area contributed by atoms with E-state index in [0.717, 1.165) is 0 Å². The van der Waals surface area contributed by atoms with E-state index in [0.29, 0.717) is 6.61 Å². The molecule has 0 aliphatic carbocycles. The van der Waals surface area contributed by atoms with Gasteiger partial charge in [0.2, 0.25) is 5.88 Å². The first kappa shape index (κ1) is 8.83. The summed E-state index contributed by atoms with van der Waals surface area (Å²) >= 11 is 0. The lowest BCUT2D eigenvalue weighted by molar-refractivity contribution is 0.138. The van der Waals surface area contributed by atoms with Gasteiger partial charge in [-0.25, -0.2) is 18.7 Å². The molecule has 0 fully saturated rings. The van der Waals surface area contributed by atoms with Crippen LogP contribution in [0.4, 0.5) is 8.78 Å². The fourth-order valence-electron chi connectivity index (χ4n) is 0.734. The number of hydrogen-bond donors (Lipinski definition) is 0. The van der Waals surface area contributed by atoms with Gasteiger partial charge in [0.15, 0.2) is 5.69 Å². The monoisotopic (exact) mass is 174 g/mol. The predicted octanol–water partition coefficient (Wildman–Crippen LogP) is 1.81. The smallest absolute Gasteiger partial charge is 0.285 e. The maximum absolute atomic E-state index is 12.2. The first-order valence-corrected chi connectivity index (χ1v) is 3.47. The van der Waals surface area contributed by atoms with E-state index in [2.05, 4.69) is 9.97 Å². The number of aromatic nitrogens is 2. The van der Waals surface area contributed by atoms with Crippen molar-refractivity contribution in [2.75, 3.05) is 6.61 Å². The van der Waals surface area contributed by atoms with E-state index >= 15 is 0 Å². The van der Waals surface area contributed by atoms with Crippen molar-refractivity contribution < 1.29 is 13.5 Å². The molecule has 1 heterocycles. The number of ether oxygens (including phenoxy) is 1. The minimum atomic E-state index is -2.64. The summed E-state index contributed by atoms with van der Waals surface area (Å²) in [5, 5.41) is 0. The first-order chi connectivity index (χ1) is 5.75. The summed E-state index contributed by atoms with van der Waals surface area (Å²) < 4.78 is 29.2. The van der Waals surface area contributed by atoms with Crippen LogP contribution in [0.5, 0.6) is 5.88 Å². The van der Waals surface area contributed by atoms with Crippen LogP contribution in [0.2, 0.25) is 0 Å². The van der Waals surface area contributed by atoms with Crippen LogP contribution >= 0.6 is 0 Å². The SMILES string of the molecule is CCOc1nccnc1C(F)F. The summed E-state index contributed by atoms with van der Waals surface area (Å²) in [6.07, 6.45) is -0.110. The van der Waals surface area contributed by atoms with Gasteiger partial charge in [-0.3, -0.25) is 0 Å². The second-order valence-corrected chi connectivity index (χ2v) is 1.98. The highest BCUT2D eigenvalue weighted by Crippen LogP contribution is 2.23. The second kappa shape index (κ2) is 3.94. The number of nitrogens with zero attached hydrogens (tertiary/aromatic N) is 2. The maximum Gasteiger partial charge on any atom is 0.285 e. The van der Waals surface area contributed by atoms with Crippen molar-refractivity contribution in [3.8, 4) is 5.88 Å². The van der Waals surface area contributed by atoms with Gasteiger partial charge in [-0.2, -0.15) is 0 Å². The fourth-order valence-corrected chi connectivity index (χ4v) is 0.734. The summed E-state index contributed by atoms with van der Waals surface area (Å²) in [6, 6.07) is 0. The lowest BCUT2D eigenvalue weighted by atomic mass is 10.4. The van der Waals surface area contributed by atoms with Crippen LogP contribution in [0.15, 0.2) is 12.4 Å². The minimum Gasteiger partial charge on any atom is -0.477 e. The number of halogens is 2. The summed E-state index contributed by atoms with van der Waals surface area (Å²) in [7, 11) is 0. The van der Waals surface area contributed by atoms with E-state index in [9.17, 15) is 8.78 Å². The highest BCUT2D eigenvalue weighted by Gasteiger charge is 2.15. The van der Waals surface area contributed by atoms with E-state index in [4.69, 9.17) is 4.74 Å². The standard InChI is InChI=1S/C7H8F2N2O/c1-2-12-7-5(6(8)9)10-3-4-11-7/h3-4,6H,2H2,1H3. The molecule has 0 radical (unpaired) electrons. The summed E-state index contributed by atoms with van der Waals surface area (Å²) in [5.41, 5.74) is -0.403. The molecule has 0 amide bonds. The highest BCUT2D eigenvalue weighted by molar-refractivity contribution is 5.18. The third-order valence-electron chi connectivity index (χ3n) is 1.18. The van der Waals surface area contributed by atoms with Crippen LogP contribution in [0, 0.1) is 0 Å². The van der Waals surface area contributed by atoms with Gasteiger partial charge in [0.05, 0.1) is 6.61 Å². The lowest BCUT2D eigenvalue weighted by Crippen LogP contribution is -2.01. The molecule has 0 aliphatic rings. The Labute approximate surface area is 68.4 Å². The largest absolute Gasteiger partial charge is 0.477 e. The molecule has 1 aromatic heterocycles. The molecule has 0 saturated heterocycles. The third kappa shape index (κ3) is 1.87.